The number of piperazine rings is 1. The molecule has 5 rings (SSSR count). The third-order valence-electron chi connectivity index (χ3n) is 8.09. The maximum Gasteiger partial charge on any atom is 0.224 e. The first-order valence-corrected chi connectivity index (χ1v) is 14.6. The van der Waals surface area contributed by atoms with Crippen LogP contribution in [0.15, 0.2) is 109 Å². The van der Waals surface area contributed by atoms with Gasteiger partial charge in [0.1, 0.15) is 0 Å². The van der Waals surface area contributed by atoms with Crippen LogP contribution in [0.4, 0.5) is 17.1 Å². The summed E-state index contributed by atoms with van der Waals surface area (Å²) in [6, 6.07) is 38.3. The molecule has 0 radical (unpaired) electrons. The van der Waals surface area contributed by atoms with Gasteiger partial charge in [-0.25, -0.2) is 0 Å². The fraction of sp³-hybridized carbons (Fsp3) is 0.286. The van der Waals surface area contributed by atoms with Crippen molar-refractivity contribution in [3.63, 3.8) is 0 Å². The van der Waals surface area contributed by atoms with Crippen LogP contribution in [0.25, 0.3) is 0 Å². The molecular weight excluding hydrogens is 506 g/mol. The molecule has 1 aliphatic rings. The van der Waals surface area contributed by atoms with E-state index in [4.69, 9.17) is 0 Å². The summed E-state index contributed by atoms with van der Waals surface area (Å²) in [4.78, 5) is 18.3. The molecule has 1 amide bonds. The molecule has 1 unspecified atom stereocenters. The Morgan fingerprint density at radius 2 is 1.12 bits per heavy atom. The van der Waals surface area contributed by atoms with Crippen molar-refractivity contribution in [1.82, 2.24) is 9.80 Å². The zero-order valence-corrected chi connectivity index (χ0v) is 24.1. The van der Waals surface area contributed by atoms with Gasteiger partial charge in [0.25, 0.3) is 0 Å². The van der Waals surface area contributed by atoms with Gasteiger partial charge in [-0.3, -0.25) is 14.6 Å². The van der Waals surface area contributed by atoms with E-state index in [2.05, 4.69) is 111 Å². The first-order chi connectivity index (χ1) is 20.2. The molecule has 1 aliphatic heterocycles. The minimum atomic E-state index is 0.0338. The van der Waals surface area contributed by atoms with Crippen LogP contribution in [0.2, 0.25) is 0 Å². The van der Waals surface area contributed by atoms with Gasteiger partial charge >= 0.3 is 0 Å². The summed E-state index contributed by atoms with van der Waals surface area (Å²) in [7, 11) is 3.84. The van der Waals surface area contributed by atoms with E-state index in [0.717, 1.165) is 49.7 Å². The largest absolute Gasteiger partial charge is 0.388 e. The molecule has 0 saturated carbocycles. The van der Waals surface area contributed by atoms with Crippen molar-refractivity contribution in [3.05, 3.63) is 126 Å². The van der Waals surface area contributed by atoms with Crippen LogP contribution >= 0.6 is 0 Å². The lowest BCUT2D eigenvalue weighted by Gasteiger charge is -2.43. The molecule has 4 aromatic carbocycles. The maximum atomic E-state index is 13.1. The van der Waals surface area contributed by atoms with Crippen molar-refractivity contribution in [3.8, 4) is 0 Å². The number of carbonyl (C=O) groups is 1. The van der Waals surface area contributed by atoms with Crippen LogP contribution in [0.1, 0.15) is 41.6 Å². The number of carbonyl (C=O) groups excluding carboxylic acids is 1. The zero-order chi connectivity index (χ0) is 28.4. The molecule has 1 fully saturated rings. The highest BCUT2D eigenvalue weighted by atomic mass is 16.1. The summed E-state index contributed by atoms with van der Waals surface area (Å²) in [5.74, 6) is 0.0338. The van der Waals surface area contributed by atoms with Gasteiger partial charge in [0.05, 0.1) is 17.4 Å². The third kappa shape index (κ3) is 6.96. The van der Waals surface area contributed by atoms with E-state index in [1.165, 1.54) is 16.7 Å². The van der Waals surface area contributed by atoms with Crippen LogP contribution < -0.4 is 16.0 Å². The van der Waals surface area contributed by atoms with Crippen LogP contribution in [0.5, 0.6) is 0 Å². The minimum Gasteiger partial charge on any atom is -0.388 e. The Balaban J connectivity index is 1.32. The molecule has 0 aliphatic carbocycles. The number of nitrogens with zero attached hydrogens (tertiary/aromatic N) is 2. The fourth-order valence-electron chi connectivity index (χ4n) is 6.03. The minimum absolute atomic E-state index is 0.0338. The van der Waals surface area contributed by atoms with Crippen LogP contribution in [-0.2, 0) is 4.79 Å². The van der Waals surface area contributed by atoms with E-state index >= 15 is 0 Å². The van der Waals surface area contributed by atoms with Crippen LogP contribution in [-0.4, -0.2) is 56.0 Å². The van der Waals surface area contributed by atoms with E-state index in [0.29, 0.717) is 6.42 Å². The zero-order valence-electron chi connectivity index (χ0n) is 24.1. The van der Waals surface area contributed by atoms with Crippen molar-refractivity contribution < 1.29 is 4.79 Å². The van der Waals surface area contributed by atoms with E-state index in [-0.39, 0.29) is 18.0 Å². The first kappa shape index (κ1) is 28.4. The van der Waals surface area contributed by atoms with E-state index in [1.807, 2.05) is 38.4 Å². The lowest BCUT2D eigenvalue weighted by Crippen LogP contribution is -2.49. The molecular formula is C35H41N5O. The predicted octanol–water partition coefficient (Wildman–Crippen LogP) is 6.64. The van der Waals surface area contributed by atoms with Crippen molar-refractivity contribution in [2.24, 2.45) is 0 Å². The standard InChI is InChI=1S/C35H41N5O/c1-36-30-18-10-9-17-29(30)33(21-22-34(41)38-32-20-12-11-19-31(32)37-2)39-23-25-40(26-24-39)35(27-13-5-3-6-14-27)28-15-7-4-8-16-28/h3-20,33,35-37H,21-26H2,1-2H3,(H,38,41). The Bertz CT molecular complexity index is 1350. The molecule has 3 N–H and O–H groups in total. The smallest absolute Gasteiger partial charge is 0.224 e. The van der Waals surface area contributed by atoms with E-state index in [9.17, 15) is 4.79 Å². The second-order valence-corrected chi connectivity index (χ2v) is 10.5. The van der Waals surface area contributed by atoms with Gasteiger partial charge in [-0.05, 0) is 41.3 Å². The van der Waals surface area contributed by atoms with Gasteiger partial charge in [-0.1, -0.05) is 91.0 Å². The molecule has 1 saturated heterocycles. The second kappa shape index (κ2) is 14.0. The topological polar surface area (TPSA) is 59.6 Å². The summed E-state index contributed by atoms with van der Waals surface area (Å²) in [6.07, 6.45) is 1.19. The Labute approximate surface area is 244 Å². The highest BCUT2D eigenvalue weighted by Gasteiger charge is 2.31. The number of hydrogen-bond donors (Lipinski definition) is 3. The molecule has 41 heavy (non-hydrogen) atoms. The molecule has 212 valence electrons. The van der Waals surface area contributed by atoms with Crippen molar-refractivity contribution in [1.29, 1.82) is 0 Å². The molecule has 0 aromatic heterocycles. The molecule has 6 heteroatoms. The van der Waals surface area contributed by atoms with Gasteiger partial charge in [0.2, 0.25) is 5.91 Å². The first-order valence-electron chi connectivity index (χ1n) is 14.6. The summed E-state index contributed by atoms with van der Waals surface area (Å²) in [5, 5.41) is 9.66. The molecule has 1 heterocycles. The molecule has 6 nitrogen and oxygen atoms in total. The summed E-state index contributed by atoms with van der Waals surface area (Å²) in [5.41, 5.74) is 6.74. The average Bonchev–Trinajstić information content (AvgIpc) is 3.03. The van der Waals surface area contributed by atoms with E-state index < -0.39 is 0 Å². The fourth-order valence-corrected chi connectivity index (χ4v) is 6.03. The Morgan fingerprint density at radius 3 is 1.71 bits per heavy atom. The number of amides is 1. The number of nitrogens with one attached hydrogen (secondary N) is 3. The lowest BCUT2D eigenvalue weighted by atomic mass is 9.95. The molecule has 4 aromatic rings. The molecule has 0 bridgehead atoms. The van der Waals surface area contributed by atoms with Gasteiger partial charge in [-0.15, -0.1) is 0 Å². The Kier molecular flexibility index (Phi) is 9.68. The second-order valence-electron chi connectivity index (χ2n) is 10.5. The molecule has 1 atom stereocenters. The maximum absolute atomic E-state index is 13.1. The normalized spacial score (nSPS) is 14.9. The van der Waals surface area contributed by atoms with Gasteiger partial charge < -0.3 is 16.0 Å². The SMILES string of the molecule is CNc1ccccc1NC(=O)CCC(c1ccccc1NC)N1CCN(C(c2ccccc2)c2ccccc2)CC1. The third-order valence-corrected chi connectivity index (χ3v) is 8.09. The van der Waals surface area contributed by atoms with Crippen LogP contribution in [0, 0.1) is 0 Å². The number of anilines is 3. The number of rotatable bonds is 11. The average molecular weight is 548 g/mol. The summed E-state index contributed by atoms with van der Waals surface area (Å²) >= 11 is 0. The predicted molar refractivity (Wildman–Crippen MR) is 170 cm³/mol. The highest BCUT2D eigenvalue weighted by molar-refractivity contribution is 5.94. The number of para-hydroxylation sites is 3. The number of hydrogen-bond acceptors (Lipinski definition) is 5. The molecule has 0 spiro atoms. The lowest BCUT2D eigenvalue weighted by molar-refractivity contribution is -0.116. The number of benzene rings is 4. The van der Waals surface area contributed by atoms with Crippen LogP contribution in [0.3, 0.4) is 0 Å². The van der Waals surface area contributed by atoms with Gasteiger partial charge in [-0.2, -0.15) is 0 Å². The highest BCUT2D eigenvalue weighted by Crippen LogP contribution is 2.35. The van der Waals surface area contributed by atoms with E-state index in [1.54, 1.807) is 0 Å². The summed E-state index contributed by atoms with van der Waals surface area (Å²) in [6.45, 7) is 3.77. The Hall–Kier alpha value is -4.13. The van der Waals surface area contributed by atoms with Gasteiger partial charge in [0.15, 0.2) is 0 Å². The monoisotopic (exact) mass is 547 g/mol. The van der Waals surface area contributed by atoms with Crippen molar-refractivity contribution >= 4 is 23.0 Å². The van der Waals surface area contributed by atoms with Gasteiger partial charge in [0, 0.05) is 58.4 Å². The Morgan fingerprint density at radius 1 is 0.634 bits per heavy atom. The van der Waals surface area contributed by atoms with Crippen molar-refractivity contribution in [2.75, 3.05) is 56.2 Å². The summed E-state index contributed by atoms with van der Waals surface area (Å²) < 4.78 is 0. The quantitative estimate of drug-likeness (QED) is 0.197. The van der Waals surface area contributed by atoms with Crippen molar-refractivity contribution in [2.45, 2.75) is 24.9 Å².